The fourth-order valence-electron chi connectivity index (χ4n) is 8.48. The maximum atomic E-state index is 12.4. The number of carbonyl (C=O) groups excluding carboxylic acids is 4. The molecule has 0 saturated carbocycles. The molecule has 0 radical (unpaired) electrons. The van der Waals surface area contributed by atoms with Crippen molar-refractivity contribution in [2.24, 2.45) is 0 Å². The van der Waals surface area contributed by atoms with E-state index in [1.165, 1.54) is 47.9 Å². The molecule has 0 spiro atoms. The molecule has 0 heterocycles. The van der Waals surface area contributed by atoms with Crippen molar-refractivity contribution in [3.63, 3.8) is 0 Å². The van der Waals surface area contributed by atoms with Gasteiger partial charge >= 0.3 is 69.5 Å². The molecule has 6 nitrogen and oxygen atoms in total. The van der Waals surface area contributed by atoms with Crippen molar-refractivity contribution in [3.8, 4) is 22.3 Å². The standard InChI is InChI=1S/2C20H20O3.2C4H9.Sn/c2*1-3-20(4-2,18(21)19(22)23)17-11-7-10-15-14-9-6-5-8-13(14)12-16(15)17;2*1-3-4-2;/h2*5-11H,3-4,12H2,1-2H3,(H,22,23);2*1,3-4H2,2H3;/q;;;;+2/p-2. The summed E-state index contributed by atoms with van der Waals surface area (Å²) in [5.74, 6) is -4.82. The molecule has 4 aromatic rings. The summed E-state index contributed by atoms with van der Waals surface area (Å²) in [6.07, 6.45) is 9.11. The summed E-state index contributed by atoms with van der Waals surface area (Å²) in [5.41, 5.74) is 8.81. The molecule has 4 aromatic carbocycles. The Morgan fingerprint density at radius 1 is 0.509 bits per heavy atom. The van der Waals surface area contributed by atoms with Crippen LogP contribution in [0.1, 0.15) is 126 Å². The molecule has 0 N–H and O–H groups in total. The zero-order chi connectivity index (χ0) is 40.2. The Hall–Kier alpha value is -4.04. The molecule has 288 valence electrons. The fourth-order valence-corrected chi connectivity index (χ4v) is 12.6. The summed E-state index contributed by atoms with van der Waals surface area (Å²) in [5, 5.41) is 22.6. The average Bonchev–Trinajstić information content (AvgIpc) is 3.79. The van der Waals surface area contributed by atoms with Crippen LogP contribution >= 0.6 is 0 Å². The van der Waals surface area contributed by atoms with Gasteiger partial charge in [0.25, 0.3) is 0 Å². The van der Waals surface area contributed by atoms with Crippen molar-refractivity contribution in [1.82, 2.24) is 0 Å². The van der Waals surface area contributed by atoms with Gasteiger partial charge in [-0.25, -0.2) is 0 Å². The molecule has 7 heteroatoms. The summed E-state index contributed by atoms with van der Waals surface area (Å²) < 4.78 is 3.25. The van der Waals surface area contributed by atoms with Crippen LogP contribution in [-0.2, 0) is 42.8 Å². The number of carboxylic acids is 2. The number of hydrogen-bond donors (Lipinski definition) is 0. The molecule has 0 amide bonds. The van der Waals surface area contributed by atoms with Gasteiger partial charge < -0.3 is 19.8 Å². The van der Waals surface area contributed by atoms with Crippen molar-refractivity contribution in [1.29, 1.82) is 0 Å². The van der Waals surface area contributed by atoms with E-state index in [4.69, 9.17) is 0 Å². The molecule has 0 aromatic heterocycles. The fraction of sp³-hybridized carbons (Fsp3) is 0.417. The molecule has 0 saturated heterocycles. The normalized spacial score (nSPS) is 12.0. The number of rotatable bonds is 16. The van der Waals surface area contributed by atoms with Gasteiger partial charge in [0.2, 0.25) is 0 Å². The molecule has 55 heavy (non-hydrogen) atoms. The summed E-state index contributed by atoms with van der Waals surface area (Å²) in [4.78, 5) is 47.5. The molecule has 0 unspecified atom stereocenters. The van der Waals surface area contributed by atoms with Crippen LogP contribution < -0.4 is 10.2 Å². The van der Waals surface area contributed by atoms with Crippen molar-refractivity contribution >= 4 is 44.6 Å². The summed E-state index contributed by atoms with van der Waals surface area (Å²) in [6, 6.07) is 28.0. The third kappa shape index (κ3) is 9.17. The molecular formula is C48H56O6Sn. The van der Waals surface area contributed by atoms with Crippen molar-refractivity contribution in [2.45, 2.75) is 125 Å². The zero-order valence-corrected chi connectivity index (χ0v) is 36.4. The van der Waals surface area contributed by atoms with E-state index < -0.39 is 34.3 Å². The second-order valence-electron chi connectivity index (χ2n) is 14.6. The van der Waals surface area contributed by atoms with Crippen LogP contribution in [0.5, 0.6) is 0 Å². The van der Waals surface area contributed by atoms with Gasteiger partial charge in [0.15, 0.2) is 11.6 Å². The van der Waals surface area contributed by atoms with Gasteiger partial charge in [0.05, 0.1) is 10.8 Å². The SMILES string of the molecule is CCC(CC)(C(=O)C(=O)[O-])c1cccc2c1Cc1ccccc1-2.CCC(CC)(C(=O)C(=O)[O-])c1cccc2c1Cc1ccccc1-2.CCC[CH2][Sn+2][CH2]CCC. The minimum atomic E-state index is -1.60. The van der Waals surface area contributed by atoms with Gasteiger partial charge in [0.1, 0.15) is 11.9 Å². The van der Waals surface area contributed by atoms with Crippen LogP contribution in [0.25, 0.3) is 22.3 Å². The Balaban J connectivity index is 0.000000201. The van der Waals surface area contributed by atoms with Crippen LogP contribution in [0.2, 0.25) is 8.87 Å². The van der Waals surface area contributed by atoms with Gasteiger partial charge in [-0.3, -0.25) is 9.59 Å². The molecule has 0 fully saturated rings. The number of hydrogen-bond acceptors (Lipinski definition) is 6. The summed E-state index contributed by atoms with van der Waals surface area (Å²) in [7, 11) is 0. The van der Waals surface area contributed by atoms with Crippen LogP contribution in [-0.4, -0.2) is 44.6 Å². The molecular weight excluding hydrogens is 791 g/mol. The topological polar surface area (TPSA) is 114 Å². The predicted molar refractivity (Wildman–Crippen MR) is 219 cm³/mol. The number of aliphatic carboxylic acids is 2. The van der Waals surface area contributed by atoms with E-state index >= 15 is 0 Å². The van der Waals surface area contributed by atoms with Gasteiger partial charge in [0, 0.05) is 0 Å². The number of carbonyl (C=O) groups is 4. The number of unbranched alkanes of at least 4 members (excludes halogenated alkanes) is 2. The Kier molecular flexibility index (Phi) is 16.1. The van der Waals surface area contributed by atoms with E-state index in [1.54, 1.807) is 8.87 Å². The number of fused-ring (bicyclic) bond motifs is 6. The zero-order valence-electron chi connectivity index (χ0n) is 33.5. The summed E-state index contributed by atoms with van der Waals surface area (Å²) in [6.45, 7) is 12.0. The van der Waals surface area contributed by atoms with Gasteiger partial charge in [-0.1, -0.05) is 113 Å². The Labute approximate surface area is 338 Å². The van der Waals surface area contributed by atoms with Gasteiger partial charge in [-0.05, 0) is 94.2 Å². The van der Waals surface area contributed by atoms with Crippen molar-refractivity contribution < 1.29 is 29.4 Å². The maximum absolute atomic E-state index is 12.4. The molecule has 0 atom stereocenters. The molecule has 0 aliphatic heterocycles. The third-order valence-corrected chi connectivity index (χ3v) is 15.8. The second kappa shape index (κ2) is 20.2. The molecule has 2 aliphatic rings. The van der Waals surface area contributed by atoms with E-state index in [2.05, 4.69) is 38.1 Å². The van der Waals surface area contributed by atoms with Crippen LogP contribution in [0.15, 0.2) is 84.9 Å². The van der Waals surface area contributed by atoms with Gasteiger partial charge in [-0.2, -0.15) is 0 Å². The van der Waals surface area contributed by atoms with Crippen molar-refractivity contribution in [3.05, 3.63) is 118 Å². The number of ketones is 2. The monoisotopic (exact) mass is 848 g/mol. The van der Waals surface area contributed by atoms with Gasteiger partial charge in [-0.15, -0.1) is 0 Å². The number of carboxylic acid groups (broad SMARTS) is 2. The molecule has 2 aliphatic carbocycles. The van der Waals surface area contributed by atoms with E-state index in [-0.39, 0.29) is 21.1 Å². The Morgan fingerprint density at radius 2 is 0.855 bits per heavy atom. The number of benzene rings is 4. The minimum absolute atomic E-state index is 0.149. The van der Waals surface area contributed by atoms with E-state index in [0.29, 0.717) is 25.7 Å². The van der Waals surface area contributed by atoms with Crippen molar-refractivity contribution in [2.75, 3.05) is 0 Å². The first-order chi connectivity index (χ1) is 26.5. The van der Waals surface area contributed by atoms with Crippen LogP contribution in [0, 0.1) is 0 Å². The van der Waals surface area contributed by atoms with E-state index in [0.717, 1.165) is 46.2 Å². The first kappa shape index (κ1) is 43.7. The first-order valence-electron chi connectivity index (χ1n) is 20.1. The van der Waals surface area contributed by atoms with Crippen LogP contribution in [0.4, 0.5) is 0 Å². The average molecular weight is 848 g/mol. The molecule has 6 rings (SSSR count). The van der Waals surface area contributed by atoms with E-state index in [1.807, 2.05) is 88.4 Å². The predicted octanol–water partition coefficient (Wildman–Crippen LogP) is 8.40. The second-order valence-corrected chi connectivity index (χ2v) is 18.9. The quantitative estimate of drug-likeness (QED) is 0.0550. The third-order valence-electron chi connectivity index (χ3n) is 11.8. The number of Topliss-reactive ketones (excluding diaryl/α,β-unsaturated/α-hetero) is 2. The van der Waals surface area contributed by atoms with Crippen LogP contribution in [0.3, 0.4) is 0 Å². The Morgan fingerprint density at radius 3 is 1.18 bits per heavy atom. The summed E-state index contributed by atoms with van der Waals surface area (Å²) >= 11 is 0.149. The Bertz CT molecular complexity index is 1830. The van der Waals surface area contributed by atoms with E-state index in [9.17, 15) is 29.4 Å². The molecule has 0 bridgehead atoms. The first-order valence-corrected chi connectivity index (χ1v) is 24.2.